The van der Waals surface area contributed by atoms with Gasteiger partial charge in [0, 0.05) is 11.8 Å². The summed E-state index contributed by atoms with van der Waals surface area (Å²) in [7, 11) is 0. The first-order valence-corrected chi connectivity index (χ1v) is 6.95. The summed E-state index contributed by atoms with van der Waals surface area (Å²) in [4.78, 5) is 0. The molecule has 0 saturated carbocycles. The number of nitriles is 2. The van der Waals surface area contributed by atoms with Gasteiger partial charge < -0.3 is 19.6 Å². The molecule has 0 radical (unpaired) electrons. The fourth-order valence-corrected chi connectivity index (χ4v) is 1.93. The second-order valence-corrected chi connectivity index (χ2v) is 4.49. The first-order valence-electron chi connectivity index (χ1n) is 6.95. The van der Waals surface area contributed by atoms with E-state index in [2.05, 4.69) is 5.32 Å². The highest BCUT2D eigenvalue weighted by Crippen LogP contribution is 2.32. The average Bonchev–Trinajstić information content (AvgIpc) is 3.06. The molecule has 6 heteroatoms. The van der Waals surface area contributed by atoms with Gasteiger partial charge in [0.25, 0.3) is 0 Å². The third-order valence-corrected chi connectivity index (χ3v) is 2.99. The molecule has 6 nitrogen and oxygen atoms in total. The predicted molar refractivity (Wildman–Crippen MR) is 84.2 cm³/mol. The van der Waals surface area contributed by atoms with Crippen LogP contribution in [0.5, 0.6) is 5.75 Å². The van der Waals surface area contributed by atoms with Crippen LogP contribution < -0.4 is 10.1 Å². The molecule has 116 valence electrons. The largest absolute Gasteiger partial charge is 0.492 e. The highest BCUT2D eigenvalue weighted by Gasteiger charge is 2.09. The summed E-state index contributed by atoms with van der Waals surface area (Å²) in [6.07, 6.45) is 1.32. The van der Waals surface area contributed by atoms with Gasteiger partial charge in [-0.1, -0.05) is 0 Å². The summed E-state index contributed by atoms with van der Waals surface area (Å²) in [5.74, 6) is 1.67. The molecule has 0 amide bonds. The van der Waals surface area contributed by atoms with Gasteiger partial charge in [-0.05, 0) is 37.3 Å². The maximum atomic E-state index is 9.07. The Bertz CT molecular complexity index is 778. The number of aliphatic hydroxyl groups is 1. The molecule has 0 spiro atoms. The van der Waals surface area contributed by atoms with Crippen LogP contribution in [-0.2, 0) is 6.61 Å². The number of furan rings is 1. The van der Waals surface area contributed by atoms with Crippen LogP contribution in [0, 0.1) is 22.7 Å². The number of aliphatic hydroxyl groups excluding tert-OH is 1. The molecule has 1 heterocycles. The smallest absolute Gasteiger partial charge is 0.145 e. The van der Waals surface area contributed by atoms with Crippen molar-refractivity contribution in [2.24, 2.45) is 0 Å². The lowest BCUT2D eigenvalue weighted by Crippen LogP contribution is -1.98. The van der Waals surface area contributed by atoms with Gasteiger partial charge in [-0.3, -0.25) is 0 Å². The number of nitrogens with one attached hydrogen (secondary N) is 1. The lowest BCUT2D eigenvalue weighted by Gasteiger charge is -2.11. The summed E-state index contributed by atoms with van der Waals surface area (Å²) in [5.41, 5.74) is 1.34. The molecule has 0 aliphatic rings. The third-order valence-electron chi connectivity index (χ3n) is 2.99. The van der Waals surface area contributed by atoms with Crippen molar-refractivity contribution in [3.8, 4) is 29.2 Å². The fourth-order valence-electron chi connectivity index (χ4n) is 1.93. The van der Waals surface area contributed by atoms with Gasteiger partial charge in [-0.15, -0.1) is 0 Å². The minimum absolute atomic E-state index is 0.0431. The van der Waals surface area contributed by atoms with E-state index >= 15 is 0 Å². The molecule has 2 N–H and O–H groups in total. The number of hydrogen-bond acceptors (Lipinski definition) is 6. The fraction of sp³-hybridized carbons (Fsp3) is 0.176. The van der Waals surface area contributed by atoms with Gasteiger partial charge in [-0.2, -0.15) is 10.5 Å². The van der Waals surface area contributed by atoms with Crippen molar-refractivity contribution in [2.75, 3.05) is 11.9 Å². The topological polar surface area (TPSA) is 102 Å². The summed E-state index contributed by atoms with van der Waals surface area (Å²) in [6.45, 7) is 2.18. The number of nitrogens with zero attached hydrogens (tertiary/aromatic N) is 2. The summed E-state index contributed by atoms with van der Waals surface area (Å²) < 4.78 is 11.0. The Morgan fingerprint density at radius 1 is 1.30 bits per heavy atom. The highest BCUT2D eigenvalue weighted by molar-refractivity contribution is 5.70. The molecular weight excluding hydrogens is 294 g/mol. The Hall–Kier alpha value is -3.22. The Kier molecular flexibility index (Phi) is 5.40. The van der Waals surface area contributed by atoms with E-state index in [4.69, 9.17) is 24.8 Å². The van der Waals surface area contributed by atoms with Gasteiger partial charge >= 0.3 is 0 Å². The van der Waals surface area contributed by atoms with Crippen LogP contribution in [0.4, 0.5) is 5.69 Å². The normalized spacial score (nSPS) is 9.57. The summed E-state index contributed by atoms with van der Waals surface area (Å²) >= 11 is 0. The number of benzene rings is 1. The molecule has 0 fully saturated rings. The molecule has 1 aromatic heterocycles. The highest BCUT2D eigenvalue weighted by atomic mass is 16.5. The van der Waals surface area contributed by atoms with Crippen LogP contribution in [-0.4, -0.2) is 11.7 Å². The van der Waals surface area contributed by atoms with Crippen molar-refractivity contribution in [3.05, 3.63) is 47.9 Å². The lowest BCUT2D eigenvalue weighted by molar-refractivity contribution is 0.248. The molecule has 0 bridgehead atoms. The van der Waals surface area contributed by atoms with E-state index < -0.39 is 0 Å². The zero-order chi connectivity index (χ0) is 16.7. The van der Waals surface area contributed by atoms with Gasteiger partial charge in [-0.25, -0.2) is 0 Å². The lowest BCUT2D eigenvalue weighted by atomic mass is 10.1. The van der Waals surface area contributed by atoms with Gasteiger partial charge in [0.15, 0.2) is 0 Å². The van der Waals surface area contributed by atoms with Crippen molar-refractivity contribution < 1.29 is 14.3 Å². The van der Waals surface area contributed by atoms with Crippen LogP contribution in [0.2, 0.25) is 0 Å². The van der Waals surface area contributed by atoms with Crippen LogP contribution in [0.15, 0.2) is 46.5 Å². The molecule has 2 rings (SSSR count). The van der Waals surface area contributed by atoms with Crippen molar-refractivity contribution in [3.63, 3.8) is 0 Å². The van der Waals surface area contributed by atoms with Crippen molar-refractivity contribution in [2.45, 2.75) is 13.5 Å². The first kappa shape index (κ1) is 16.2. The molecule has 0 aliphatic carbocycles. The Labute approximate surface area is 133 Å². The summed E-state index contributed by atoms with van der Waals surface area (Å²) in [5, 5.41) is 29.6. The van der Waals surface area contributed by atoms with E-state index in [1.165, 1.54) is 6.20 Å². The number of rotatable bonds is 6. The minimum Gasteiger partial charge on any atom is -0.492 e. The number of anilines is 1. The quantitative estimate of drug-likeness (QED) is 0.794. The average molecular weight is 309 g/mol. The van der Waals surface area contributed by atoms with Gasteiger partial charge in [0.1, 0.15) is 41.6 Å². The molecule has 1 aromatic carbocycles. The summed E-state index contributed by atoms with van der Waals surface area (Å²) in [6, 6.07) is 12.4. The zero-order valence-electron chi connectivity index (χ0n) is 12.5. The third kappa shape index (κ3) is 3.91. The Morgan fingerprint density at radius 3 is 2.70 bits per heavy atom. The maximum Gasteiger partial charge on any atom is 0.145 e. The molecule has 0 aliphatic heterocycles. The number of hydrogen-bond donors (Lipinski definition) is 2. The van der Waals surface area contributed by atoms with Crippen molar-refractivity contribution in [1.82, 2.24) is 0 Å². The molecular formula is C17H15N3O3. The standard InChI is InChI=1S/C17H15N3O3/c1-2-22-17-5-3-13(16-6-4-14(11-21)23-16)7-15(17)20-10-12(8-18)9-19/h3-7,10,20-21H,2,11H2,1H3. The minimum atomic E-state index is -0.168. The van der Waals surface area contributed by atoms with Crippen LogP contribution in [0.1, 0.15) is 12.7 Å². The number of allylic oxidation sites excluding steroid dienone is 1. The van der Waals surface area contributed by atoms with E-state index in [1.54, 1.807) is 36.4 Å². The molecule has 0 atom stereocenters. The SMILES string of the molecule is CCOc1ccc(-c2ccc(CO)o2)cc1NC=C(C#N)C#N. The zero-order valence-corrected chi connectivity index (χ0v) is 12.5. The monoisotopic (exact) mass is 309 g/mol. The first-order chi connectivity index (χ1) is 11.2. The molecule has 23 heavy (non-hydrogen) atoms. The predicted octanol–water partition coefficient (Wildman–Crippen LogP) is 3.18. The molecule has 2 aromatic rings. The van der Waals surface area contributed by atoms with E-state index in [0.717, 1.165) is 5.56 Å². The van der Waals surface area contributed by atoms with Crippen molar-refractivity contribution in [1.29, 1.82) is 10.5 Å². The van der Waals surface area contributed by atoms with E-state index in [9.17, 15) is 0 Å². The van der Waals surface area contributed by atoms with Crippen molar-refractivity contribution >= 4 is 5.69 Å². The molecule has 0 unspecified atom stereocenters. The van der Waals surface area contributed by atoms with Gasteiger partial charge in [0.2, 0.25) is 0 Å². The second-order valence-electron chi connectivity index (χ2n) is 4.49. The van der Waals surface area contributed by atoms with E-state index in [1.807, 2.05) is 13.0 Å². The van der Waals surface area contributed by atoms with Gasteiger partial charge in [0.05, 0.1) is 12.3 Å². The van der Waals surface area contributed by atoms with Crippen LogP contribution >= 0.6 is 0 Å². The Morgan fingerprint density at radius 2 is 2.09 bits per heavy atom. The second kappa shape index (κ2) is 7.69. The van der Waals surface area contributed by atoms with Crippen LogP contribution in [0.25, 0.3) is 11.3 Å². The van der Waals surface area contributed by atoms with E-state index in [-0.39, 0.29) is 12.2 Å². The van der Waals surface area contributed by atoms with Crippen LogP contribution in [0.3, 0.4) is 0 Å². The van der Waals surface area contributed by atoms with E-state index in [0.29, 0.717) is 29.6 Å². The maximum absolute atomic E-state index is 9.07. The molecule has 0 saturated heterocycles. The Balaban J connectivity index is 2.37. The number of ether oxygens (including phenoxy) is 1.